The maximum atomic E-state index is 12.2. The molecule has 0 aliphatic carbocycles. The number of alkyl halides is 3. The Balaban J connectivity index is 3.32. The summed E-state index contributed by atoms with van der Waals surface area (Å²) in [6, 6.07) is 1.78. The van der Waals surface area contributed by atoms with E-state index in [1.54, 1.807) is 0 Å². The number of hydrogen-bond acceptors (Lipinski definition) is 2. The van der Waals surface area contributed by atoms with Gasteiger partial charge in [-0.3, -0.25) is 11.8 Å². The fraction of sp³-hybridized carbons (Fsp3) is 0.143. The molecule has 1 rings (SSSR count). The van der Waals surface area contributed by atoms with E-state index in [-0.39, 0.29) is 0 Å². The molecule has 0 amide bonds. The van der Waals surface area contributed by atoms with Gasteiger partial charge in [-0.05, 0) is 18.2 Å². The van der Waals surface area contributed by atoms with Crippen molar-refractivity contribution < 1.29 is 21.6 Å². The van der Waals surface area contributed by atoms with E-state index in [4.69, 9.17) is 23.4 Å². The average molecular weight is 293 g/mol. The molecule has 0 bridgehead atoms. The average Bonchev–Trinajstić information content (AvgIpc) is 2.16. The van der Waals surface area contributed by atoms with Gasteiger partial charge >= 0.3 is 6.18 Å². The lowest BCUT2D eigenvalue weighted by atomic mass is 10.2. The van der Waals surface area contributed by atoms with Crippen molar-refractivity contribution in [2.75, 3.05) is 0 Å². The lowest BCUT2D eigenvalue weighted by molar-refractivity contribution is -0.137. The summed E-state index contributed by atoms with van der Waals surface area (Å²) < 4.78 is 61.4. The van der Waals surface area contributed by atoms with Crippen molar-refractivity contribution in [2.45, 2.75) is 11.1 Å². The van der Waals surface area contributed by atoms with Crippen molar-refractivity contribution >= 4 is 33.4 Å². The maximum absolute atomic E-state index is 12.2. The Morgan fingerprint density at radius 2 is 1.81 bits per heavy atom. The van der Waals surface area contributed by atoms with Crippen molar-refractivity contribution in [3.8, 4) is 0 Å². The highest BCUT2D eigenvalue weighted by Gasteiger charge is 2.31. The first-order valence-electron chi connectivity index (χ1n) is 3.63. The van der Waals surface area contributed by atoms with Gasteiger partial charge in [-0.1, -0.05) is 11.6 Å². The zero-order valence-electron chi connectivity index (χ0n) is 7.29. The van der Waals surface area contributed by atoms with Gasteiger partial charge in [0.15, 0.2) is 0 Å². The third kappa shape index (κ3) is 2.79. The zero-order chi connectivity index (χ0) is 12.6. The van der Waals surface area contributed by atoms with E-state index in [1.165, 1.54) is 0 Å². The van der Waals surface area contributed by atoms with Gasteiger partial charge in [0.2, 0.25) is 0 Å². The van der Waals surface area contributed by atoms with Gasteiger partial charge in [-0.15, -0.1) is 0 Å². The van der Waals surface area contributed by atoms with Gasteiger partial charge in [0, 0.05) is 0 Å². The van der Waals surface area contributed by atoms with Gasteiger partial charge in [-0.25, -0.2) is 8.42 Å². The smallest absolute Gasteiger partial charge is 0.416 e. The SMILES string of the molecule is O=S(=O)([N-]Cl)c1ccc(C(F)(F)F)cc1Cl. The second kappa shape index (κ2) is 4.40. The van der Waals surface area contributed by atoms with E-state index in [9.17, 15) is 21.6 Å². The second-order valence-electron chi connectivity index (χ2n) is 2.69. The number of rotatable bonds is 2. The fourth-order valence-corrected chi connectivity index (χ4v) is 2.24. The molecule has 0 radical (unpaired) electrons. The van der Waals surface area contributed by atoms with E-state index in [0.717, 1.165) is 0 Å². The lowest BCUT2D eigenvalue weighted by Gasteiger charge is -2.15. The van der Waals surface area contributed by atoms with Crippen LogP contribution in [0.2, 0.25) is 5.02 Å². The monoisotopic (exact) mass is 292 g/mol. The van der Waals surface area contributed by atoms with Gasteiger partial charge in [0.05, 0.1) is 15.5 Å². The predicted octanol–water partition coefficient (Wildman–Crippen LogP) is 3.58. The van der Waals surface area contributed by atoms with Crippen LogP contribution in [0.5, 0.6) is 0 Å². The Morgan fingerprint density at radius 3 is 2.19 bits per heavy atom. The van der Waals surface area contributed by atoms with Gasteiger partial charge in [0.1, 0.15) is 10.0 Å². The Morgan fingerprint density at radius 1 is 1.25 bits per heavy atom. The van der Waals surface area contributed by atoms with Crippen LogP contribution in [0.4, 0.5) is 13.2 Å². The summed E-state index contributed by atoms with van der Waals surface area (Å²) in [4.78, 5) is -0.572. The number of hydrogen-bond donors (Lipinski definition) is 0. The molecular formula is C7H3Cl2F3NO2S-. The number of nitrogens with zero attached hydrogens (tertiary/aromatic N) is 1. The Hall–Kier alpha value is -0.500. The van der Waals surface area contributed by atoms with Crippen LogP contribution in [-0.2, 0) is 16.2 Å². The van der Waals surface area contributed by atoms with E-state index < -0.39 is 31.7 Å². The predicted molar refractivity (Wildman–Crippen MR) is 52.9 cm³/mol. The summed E-state index contributed by atoms with van der Waals surface area (Å²) in [5.41, 5.74) is -1.05. The Bertz CT molecular complexity index is 501. The summed E-state index contributed by atoms with van der Waals surface area (Å²) in [6.45, 7) is 0. The standard InChI is InChI=1S/C7H3Cl2F3NO2S/c8-5-3-4(7(10,11)12)1-2-6(5)16(14,15)13-9/h1-3H/q-1. The van der Waals surface area contributed by atoms with Crippen LogP contribution < -0.4 is 0 Å². The molecule has 0 saturated heterocycles. The van der Waals surface area contributed by atoms with Gasteiger partial charge < -0.3 is 4.24 Å². The quantitative estimate of drug-likeness (QED) is 0.836. The molecule has 0 saturated carbocycles. The van der Waals surface area contributed by atoms with Crippen molar-refractivity contribution in [3.05, 3.63) is 33.0 Å². The number of halogens is 5. The highest BCUT2D eigenvalue weighted by Crippen LogP contribution is 2.34. The van der Waals surface area contributed by atoms with Crippen LogP contribution in [0.3, 0.4) is 0 Å². The molecule has 0 spiro atoms. The molecule has 3 nitrogen and oxygen atoms in total. The summed E-state index contributed by atoms with van der Waals surface area (Å²) in [7, 11) is -4.20. The highest BCUT2D eigenvalue weighted by atomic mass is 35.5. The molecule has 0 aliphatic rings. The number of sulfonamides is 1. The molecule has 0 aromatic heterocycles. The van der Waals surface area contributed by atoms with Gasteiger partial charge in [0.25, 0.3) is 0 Å². The molecule has 0 unspecified atom stereocenters. The first kappa shape index (κ1) is 13.6. The minimum Gasteiger partial charge on any atom is -0.458 e. The molecular weight excluding hydrogens is 290 g/mol. The molecule has 0 N–H and O–H groups in total. The molecule has 0 aliphatic heterocycles. The molecule has 1 aromatic carbocycles. The Kier molecular flexibility index (Phi) is 3.73. The maximum Gasteiger partial charge on any atom is 0.416 e. The molecule has 1 aromatic rings. The minimum atomic E-state index is -4.59. The molecule has 0 heterocycles. The van der Waals surface area contributed by atoms with Crippen molar-refractivity contribution in [3.63, 3.8) is 0 Å². The van der Waals surface area contributed by atoms with Crippen LogP contribution in [0.15, 0.2) is 23.1 Å². The molecule has 0 fully saturated rings. The van der Waals surface area contributed by atoms with Crippen LogP contribution in [0.25, 0.3) is 4.24 Å². The molecule has 0 atom stereocenters. The first-order valence-corrected chi connectivity index (χ1v) is 5.79. The van der Waals surface area contributed by atoms with E-state index in [2.05, 4.69) is 4.24 Å². The summed E-state index contributed by atoms with van der Waals surface area (Å²) >= 11 is 10.2. The van der Waals surface area contributed by atoms with Crippen LogP contribution in [-0.4, -0.2) is 8.42 Å². The third-order valence-electron chi connectivity index (χ3n) is 1.63. The summed E-state index contributed by atoms with van der Waals surface area (Å²) in [6.07, 6.45) is -4.59. The first-order chi connectivity index (χ1) is 7.18. The van der Waals surface area contributed by atoms with Crippen molar-refractivity contribution in [1.29, 1.82) is 0 Å². The number of benzene rings is 1. The molecule has 16 heavy (non-hydrogen) atoms. The van der Waals surface area contributed by atoms with Crippen LogP contribution >= 0.6 is 23.4 Å². The zero-order valence-corrected chi connectivity index (χ0v) is 9.62. The normalized spacial score (nSPS) is 12.8. The lowest BCUT2D eigenvalue weighted by Crippen LogP contribution is -2.06. The van der Waals surface area contributed by atoms with Gasteiger partial charge in [-0.2, -0.15) is 13.2 Å². The fourth-order valence-electron chi connectivity index (χ4n) is 0.924. The van der Waals surface area contributed by atoms with E-state index in [1.807, 2.05) is 0 Å². The molecule has 90 valence electrons. The van der Waals surface area contributed by atoms with Crippen LogP contribution in [0, 0.1) is 0 Å². The van der Waals surface area contributed by atoms with E-state index in [0.29, 0.717) is 18.2 Å². The third-order valence-corrected chi connectivity index (χ3v) is 3.69. The largest absolute Gasteiger partial charge is 0.458 e. The minimum absolute atomic E-state index is 0.497. The summed E-state index contributed by atoms with van der Waals surface area (Å²) in [5, 5.41) is -0.584. The summed E-state index contributed by atoms with van der Waals surface area (Å²) in [5.74, 6) is 0. The highest BCUT2D eigenvalue weighted by molar-refractivity contribution is 7.95. The topological polar surface area (TPSA) is 48.2 Å². The van der Waals surface area contributed by atoms with E-state index >= 15 is 0 Å². The van der Waals surface area contributed by atoms with Crippen molar-refractivity contribution in [2.24, 2.45) is 0 Å². The second-order valence-corrected chi connectivity index (χ2v) is 5.04. The Labute approximate surface area is 99.3 Å². The van der Waals surface area contributed by atoms with Crippen LogP contribution in [0.1, 0.15) is 5.56 Å². The van der Waals surface area contributed by atoms with Crippen molar-refractivity contribution in [1.82, 2.24) is 0 Å². The molecule has 9 heteroatoms.